The van der Waals surface area contributed by atoms with E-state index in [9.17, 15) is 9.59 Å². The van der Waals surface area contributed by atoms with Crippen molar-refractivity contribution in [1.82, 2.24) is 9.97 Å². The SMILES string of the molecule is CCc1ccc(Nc2cc(C)ncn2)cc1NC(=O)C1CC(=O)N(c2cc(C)ccc2OC)C1. The van der Waals surface area contributed by atoms with E-state index in [2.05, 4.69) is 20.6 Å². The lowest BCUT2D eigenvalue weighted by Crippen LogP contribution is -2.28. The molecule has 176 valence electrons. The molecule has 1 saturated heterocycles. The molecule has 3 aromatic rings. The smallest absolute Gasteiger partial charge is 0.229 e. The van der Waals surface area contributed by atoms with Crippen molar-refractivity contribution in [3.8, 4) is 5.75 Å². The summed E-state index contributed by atoms with van der Waals surface area (Å²) in [6.07, 6.45) is 2.42. The molecule has 0 radical (unpaired) electrons. The number of ether oxygens (including phenoxy) is 1. The predicted molar refractivity (Wildman–Crippen MR) is 133 cm³/mol. The number of hydrogen-bond acceptors (Lipinski definition) is 6. The number of rotatable bonds is 7. The first kappa shape index (κ1) is 23.2. The number of nitrogens with zero attached hydrogens (tertiary/aromatic N) is 3. The molecule has 8 nitrogen and oxygen atoms in total. The normalized spacial score (nSPS) is 15.4. The second-order valence-electron chi connectivity index (χ2n) is 8.47. The lowest BCUT2D eigenvalue weighted by atomic mass is 10.1. The molecule has 0 spiro atoms. The molecule has 1 aliphatic heterocycles. The maximum absolute atomic E-state index is 13.2. The van der Waals surface area contributed by atoms with Crippen LogP contribution in [-0.2, 0) is 16.0 Å². The Hall–Kier alpha value is -3.94. The van der Waals surface area contributed by atoms with Crippen LogP contribution in [0.5, 0.6) is 5.75 Å². The van der Waals surface area contributed by atoms with Crippen LogP contribution in [0.25, 0.3) is 0 Å². The van der Waals surface area contributed by atoms with Crippen molar-refractivity contribution in [2.75, 3.05) is 29.2 Å². The van der Waals surface area contributed by atoms with Crippen molar-refractivity contribution < 1.29 is 14.3 Å². The third-order valence-electron chi connectivity index (χ3n) is 5.95. The number of hydrogen-bond donors (Lipinski definition) is 2. The van der Waals surface area contributed by atoms with E-state index in [1.165, 1.54) is 6.33 Å². The van der Waals surface area contributed by atoms with E-state index in [4.69, 9.17) is 4.74 Å². The fraction of sp³-hybridized carbons (Fsp3) is 0.308. The standard InChI is InChI=1S/C26H29N5O3/c1-5-18-7-8-20(29-24-11-17(3)27-15-28-24)13-21(18)30-26(33)19-12-25(32)31(14-19)22-10-16(2)6-9-23(22)34-4/h6-11,13,15,19H,5,12,14H2,1-4H3,(H,30,33)(H,27,28,29). The van der Waals surface area contributed by atoms with Gasteiger partial charge in [-0.3, -0.25) is 9.59 Å². The molecule has 1 atom stereocenters. The monoisotopic (exact) mass is 459 g/mol. The first-order valence-electron chi connectivity index (χ1n) is 11.3. The zero-order chi connectivity index (χ0) is 24.2. The highest BCUT2D eigenvalue weighted by atomic mass is 16.5. The highest BCUT2D eigenvalue weighted by Crippen LogP contribution is 2.34. The quantitative estimate of drug-likeness (QED) is 0.544. The fourth-order valence-corrected chi connectivity index (χ4v) is 4.11. The van der Waals surface area contributed by atoms with Crippen LogP contribution in [0.1, 0.15) is 30.2 Å². The van der Waals surface area contributed by atoms with E-state index < -0.39 is 5.92 Å². The van der Waals surface area contributed by atoms with Gasteiger partial charge in [0.15, 0.2) is 0 Å². The van der Waals surface area contributed by atoms with Gasteiger partial charge in [-0.15, -0.1) is 0 Å². The van der Waals surface area contributed by atoms with Crippen molar-refractivity contribution in [1.29, 1.82) is 0 Å². The Morgan fingerprint density at radius 3 is 2.71 bits per heavy atom. The van der Waals surface area contributed by atoms with Gasteiger partial charge in [0.1, 0.15) is 17.9 Å². The maximum Gasteiger partial charge on any atom is 0.229 e. The Morgan fingerprint density at radius 1 is 1.15 bits per heavy atom. The maximum atomic E-state index is 13.2. The second kappa shape index (κ2) is 9.91. The summed E-state index contributed by atoms with van der Waals surface area (Å²) in [7, 11) is 1.58. The van der Waals surface area contributed by atoms with Gasteiger partial charge >= 0.3 is 0 Å². The van der Waals surface area contributed by atoms with Crippen molar-refractivity contribution in [2.24, 2.45) is 5.92 Å². The van der Waals surface area contributed by atoms with E-state index in [1.807, 2.05) is 63.2 Å². The molecule has 8 heteroatoms. The van der Waals surface area contributed by atoms with E-state index in [1.54, 1.807) is 12.0 Å². The third kappa shape index (κ3) is 5.01. The number of carbonyl (C=O) groups excluding carboxylic acids is 2. The second-order valence-corrected chi connectivity index (χ2v) is 8.47. The molecular formula is C26H29N5O3. The molecular weight excluding hydrogens is 430 g/mol. The lowest BCUT2D eigenvalue weighted by molar-refractivity contribution is -0.122. The summed E-state index contributed by atoms with van der Waals surface area (Å²) in [6, 6.07) is 13.4. The Labute approximate surface area is 199 Å². The Kier molecular flexibility index (Phi) is 6.77. The number of benzene rings is 2. The number of nitrogens with one attached hydrogen (secondary N) is 2. The Morgan fingerprint density at radius 2 is 1.97 bits per heavy atom. The minimum Gasteiger partial charge on any atom is -0.495 e. The van der Waals surface area contributed by atoms with Crippen LogP contribution in [0, 0.1) is 19.8 Å². The molecule has 1 fully saturated rings. The molecule has 2 amide bonds. The molecule has 0 aliphatic carbocycles. The first-order chi connectivity index (χ1) is 16.4. The van der Waals surface area contributed by atoms with Crippen molar-refractivity contribution >= 4 is 34.7 Å². The van der Waals surface area contributed by atoms with Crippen molar-refractivity contribution in [3.05, 3.63) is 65.6 Å². The van der Waals surface area contributed by atoms with E-state index >= 15 is 0 Å². The summed E-state index contributed by atoms with van der Waals surface area (Å²) >= 11 is 0. The summed E-state index contributed by atoms with van der Waals surface area (Å²) < 4.78 is 5.44. The van der Waals surface area contributed by atoms with E-state index in [0.717, 1.165) is 34.6 Å². The Bertz CT molecular complexity index is 1230. The summed E-state index contributed by atoms with van der Waals surface area (Å²) in [4.78, 5) is 36.0. The van der Waals surface area contributed by atoms with Crippen molar-refractivity contribution in [3.63, 3.8) is 0 Å². The van der Waals surface area contributed by atoms with Gasteiger partial charge in [0, 0.05) is 36.1 Å². The largest absolute Gasteiger partial charge is 0.495 e. The first-order valence-corrected chi connectivity index (χ1v) is 11.3. The van der Waals surface area contributed by atoms with Crippen LogP contribution in [-0.4, -0.2) is 35.4 Å². The zero-order valence-corrected chi connectivity index (χ0v) is 19.9. The lowest BCUT2D eigenvalue weighted by Gasteiger charge is -2.20. The predicted octanol–water partition coefficient (Wildman–Crippen LogP) is 4.40. The minimum atomic E-state index is -0.455. The van der Waals surface area contributed by atoms with Crippen LogP contribution in [0.3, 0.4) is 0 Å². The number of aryl methyl sites for hydroxylation is 3. The molecule has 0 saturated carbocycles. The zero-order valence-electron chi connectivity index (χ0n) is 19.9. The van der Waals surface area contributed by atoms with Gasteiger partial charge in [-0.05, 0) is 55.7 Å². The minimum absolute atomic E-state index is 0.0886. The van der Waals surface area contributed by atoms with Crippen LogP contribution in [0.2, 0.25) is 0 Å². The van der Waals surface area contributed by atoms with E-state index in [-0.39, 0.29) is 18.2 Å². The van der Waals surface area contributed by atoms with Gasteiger partial charge in [-0.1, -0.05) is 19.1 Å². The summed E-state index contributed by atoms with van der Waals surface area (Å²) in [5, 5.41) is 6.31. The molecule has 4 rings (SSSR count). The third-order valence-corrected chi connectivity index (χ3v) is 5.95. The van der Waals surface area contributed by atoms with Gasteiger partial charge in [0.2, 0.25) is 11.8 Å². The number of carbonyl (C=O) groups is 2. The van der Waals surface area contributed by atoms with Gasteiger partial charge in [-0.2, -0.15) is 0 Å². The molecule has 34 heavy (non-hydrogen) atoms. The molecule has 1 aliphatic rings. The van der Waals surface area contributed by atoms with Gasteiger partial charge in [0.05, 0.1) is 18.7 Å². The van der Waals surface area contributed by atoms with E-state index in [0.29, 0.717) is 23.8 Å². The summed E-state index contributed by atoms with van der Waals surface area (Å²) in [5.74, 6) is 0.579. The van der Waals surface area contributed by atoms with Gasteiger partial charge in [-0.25, -0.2) is 9.97 Å². The molecule has 2 N–H and O–H groups in total. The van der Waals surface area contributed by atoms with Gasteiger partial charge in [0.25, 0.3) is 0 Å². The van der Waals surface area contributed by atoms with Crippen LogP contribution < -0.4 is 20.3 Å². The highest BCUT2D eigenvalue weighted by molar-refractivity contribution is 6.04. The number of aromatic nitrogens is 2. The average molecular weight is 460 g/mol. The Balaban J connectivity index is 1.51. The van der Waals surface area contributed by atoms with Crippen LogP contribution in [0.4, 0.5) is 22.9 Å². The molecule has 1 unspecified atom stereocenters. The molecule has 2 aromatic carbocycles. The number of methoxy groups -OCH3 is 1. The van der Waals surface area contributed by atoms with Crippen LogP contribution >= 0.6 is 0 Å². The summed E-state index contributed by atoms with van der Waals surface area (Å²) in [5.41, 5.74) is 5.12. The van der Waals surface area contributed by atoms with Gasteiger partial charge < -0.3 is 20.3 Å². The molecule has 2 heterocycles. The highest BCUT2D eigenvalue weighted by Gasteiger charge is 2.36. The topological polar surface area (TPSA) is 96.4 Å². The van der Waals surface area contributed by atoms with Crippen LogP contribution in [0.15, 0.2) is 48.8 Å². The van der Waals surface area contributed by atoms with Crippen molar-refractivity contribution in [2.45, 2.75) is 33.6 Å². The number of anilines is 4. The summed E-state index contributed by atoms with van der Waals surface area (Å²) in [6.45, 7) is 6.21. The molecule has 1 aromatic heterocycles. The number of amides is 2. The average Bonchev–Trinajstić information content (AvgIpc) is 3.21. The molecule has 0 bridgehead atoms. The fourth-order valence-electron chi connectivity index (χ4n) is 4.11.